The number of hydrogen-bond donors (Lipinski definition) is 0. The van der Waals surface area contributed by atoms with E-state index in [4.69, 9.17) is 11.6 Å². The van der Waals surface area contributed by atoms with Crippen molar-refractivity contribution < 1.29 is 9.59 Å². The number of carbonyl (C=O) groups is 2. The number of nitrogens with zero attached hydrogens (tertiary/aromatic N) is 2. The molecule has 3 rings (SSSR count). The lowest BCUT2D eigenvalue weighted by Crippen LogP contribution is -2.34. The molecule has 1 amide bonds. The number of ketones is 1. The Bertz CT molecular complexity index is 729. The molecule has 1 aliphatic heterocycles. The number of amides is 1. The molecule has 4 nitrogen and oxygen atoms in total. The van der Waals surface area contributed by atoms with E-state index in [-0.39, 0.29) is 17.6 Å². The van der Waals surface area contributed by atoms with Gasteiger partial charge in [0.05, 0.1) is 17.3 Å². The average molecular weight is 313 g/mol. The predicted octanol–water partition coefficient (Wildman–Crippen LogP) is 2.86. The predicted molar refractivity (Wildman–Crippen MR) is 86.1 cm³/mol. The molecule has 0 saturated carbocycles. The summed E-state index contributed by atoms with van der Waals surface area (Å²) < 4.78 is 0. The van der Waals surface area contributed by atoms with E-state index in [9.17, 15) is 9.59 Å². The van der Waals surface area contributed by atoms with Crippen LogP contribution < -0.4 is 5.01 Å². The number of carbonyl (C=O) groups excluding carboxylic acids is 2. The zero-order valence-electron chi connectivity index (χ0n) is 11.6. The fraction of sp³-hybridized carbons (Fsp3) is 0.118. The molecular formula is C17H13ClN2O2. The monoisotopic (exact) mass is 312 g/mol. The fourth-order valence-electron chi connectivity index (χ4n) is 2.41. The molecule has 2 aromatic rings. The van der Waals surface area contributed by atoms with E-state index in [0.29, 0.717) is 11.4 Å². The maximum absolute atomic E-state index is 12.6. The number of hydrogen-bond acceptors (Lipinski definition) is 3. The molecule has 1 unspecified atom stereocenters. The van der Waals surface area contributed by atoms with Gasteiger partial charge in [-0.1, -0.05) is 48.5 Å². The van der Waals surface area contributed by atoms with Gasteiger partial charge in [-0.2, -0.15) is 10.1 Å². The molecule has 0 bridgehead atoms. The number of halogens is 1. The van der Waals surface area contributed by atoms with Crippen LogP contribution in [0, 0.1) is 5.92 Å². The quantitative estimate of drug-likeness (QED) is 0.644. The van der Waals surface area contributed by atoms with E-state index < -0.39 is 5.92 Å². The van der Waals surface area contributed by atoms with Crippen molar-refractivity contribution in [3.05, 3.63) is 66.2 Å². The summed E-state index contributed by atoms with van der Waals surface area (Å²) in [5.41, 5.74) is 1.82. The molecule has 0 spiro atoms. The van der Waals surface area contributed by atoms with Gasteiger partial charge in [-0.15, -0.1) is 11.6 Å². The number of rotatable bonds is 4. The van der Waals surface area contributed by atoms with Crippen LogP contribution in [0.2, 0.25) is 0 Å². The standard InChI is InChI=1S/C17H13ClN2O2/c18-11-14(21)15-16(12-7-3-1-4-8-12)19-20(17(15)22)13-9-5-2-6-10-13/h1-10,15H,11H2. The van der Waals surface area contributed by atoms with Crippen LogP contribution in [0.3, 0.4) is 0 Å². The van der Waals surface area contributed by atoms with Crippen LogP contribution in [0.5, 0.6) is 0 Å². The van der Waals surface area contributed by atoms with Crippen molar-refractivity contribution in [2.75, 3.05) is 10.9 Å². The Hall–Kier alpha value is -2.46. The van der Waals surface area contributed by atoms with Crippen LogP contribution in [-0.2, 0) is 9.59 Å². The van der Waals surface area contributed by atoms with Gasteiger partial charge in [-0.3, -0.25) is 9.59 Å². The Morgan fingerprint density at radius 2 is 1.64 bits per heavy atom. The van der Waals surface area contributed by atoms with Gasteiger partial charge < -0.3 is 0 Å². The molecule has 5 heteroatoms. The summed E-state index contributed by atoms with van der Waals surface area (Å²) >= 11 is 5.67. The molecule has 0 aromatic heterocycles. The smallest absolute Gasteiger partial charge is 0.264 e. The third kappa shape index (κ3) is 2.53. The highest BCUT2D eigenvalue weighted by atomic mass is 35.5. The Balaban J connectivity index is 2.07. The number of anilines is 1. The molecule has 0 aliphatic carbocycles. The Morgan fingerprint density at radius 1 is 1.05 bits per heavy atom. The highest BCUT2D eigenvalue weighted by Crippen LogP contribution is 2.27. The SMILES string of the molecule is O=C(CCl)C1C(=O)N(c2ccccc2)N=C1c1ccccc1. The zero-order valence-corrected chi connectivity index (χ0v) is 12.4. The second kappa shape index (κ2) is 6.12. The number of alkyl halides is 1. The van der Waals surface area contributed by atoms with Crippen molar-refractivity contribution >= 4 is 34.7 Å². The summed E-state index contributed by atoms with van der Waals surface area (Å²) in [6.07, 6.45) is 0. The molecule has 2 aromatic carbocycles. The van der Waals surface area contributed by atoms with Crippen LogP contribution in [0.4, 0.5) is 5.69 Å². The van der Waals surface area contributed by atoms with Gasteiger partial charge in [0.25, 0.3) is 5.91 Å². The molecule has 0 radical (unpaired) electrons. The van der Waals surface area contributed by atoms with Crippen LogP contribution in [0.25, 0.3) is 0 Å². The normalized spacial score (nSPS) is 17.5. The van der Waals surface area contributed by atoms with Gasteiger partial charge in [-0.25, -0.2) is 0 Å². The van der Waals surface area contributed by atoms with Crippen LogP contribution in [0.1, 0.15) is 5.56 Å². The van der Waals surface area contributed by atoms with Gasteiger partial charge in [0.2, 0.25) is 0 Å². The first-order valence-electron chi connectivity index (χ1n) is 6.84. The molecule has 22 heavy (non-hydrogen) atoms. The maximum Gasteiger partial charge on any atom is 0.264 e. The summed E-state index contributed by atoms with van der Waals surface area (Å²) in [5.74, 6) is -1.87. The first-order valence-corrected chi connectivity index (χ1v) is 7.37. The molecular weight excluding hydrogens is 300 g/mol. The van der Waals surface area contributed by atoms with E-state index in [1.807, 2.05) is 48.5 Å². The lowest BCUT2D eigenvalue weighted by Gasteiger charge is -2.13. The van der Waals surface area contributed by atoms with Crippen molar-refractivity contribution in [2.45, 2.75) is 0 Å². The minimum Gasteiger partial charge on any atom is -0.297 e. The molecule has 110 valence electrons. The van der Waals surface area contributed by atoms with Crippen molar-refractivity contribution in [2.24, 2.45) is 11.0 Å². The maximum atomic E-state index is 12.6. The van der Waals surface area contributed by atoms with E-state index in [2.05, 4.69) is 5.10 Å². The van der Waals surface area contributed by atoms with E-state index in [1.54, 1.807) is 12.1 Å². The van der Waals surface area contributed by atoms with E-state index in [0.717, 1.165) is 5.56 Å². The summed E-state index contributed by atoms with van der Waals surface area (Å²) in [6, 6.07) is 18.3. The molecule has 0 fully saturated rings. The summed E-state index contributed by atoms with van der Waals surface area (Å²) in [5, 5.41) is 5.66. The topological polar surface area (TPSA) is 49.7 Å². The van der Waals surface area contributed by atoms with Gasteiger partial charge in [0.1, 0.15) is 5.92 Å². The number of hydrazone groups is 1. The van der Waals surface area contributed by atoms with Crippen LogP contribution in [0.15, 0.2) is 65.8 Å². The van der Waals surface area contributed by atoms with Crippen molar-refractivity contribution in [3.8, 4) is 0 Å². The fourth-order valence-corrected chi connectivity index (χ4v) is 2.56. The molecule has 1 aliphatic rings. The molecule has 1 heterocycles. The van der Waals surface area contributed by atoms with Gasteiger partial charge in [0.15, 0.2) is 5.78 Å². The largest absolute Gasteiger partial charge is 0.297 e. The van der Waals surface area contributed by atoms with Gasteiger partial charge >= 0.3 is 0 Å². The molecule has 0 N–H and O–H groups in total. The Morgan fingerprint density at radius 3 is 2.23 bits per heavy atom. The highest BCUT2D eigenvalue weighted by Gasteiger charge is 2.41. The minimum atomic E-state index is -0.944. The zero-order chi connectivity index (χ0) is 15.5. The molecule has 1 atom stereocenters. The number of para-hydroxylation sites is 1. The third-order valence-electron chi connectivity index (χ3n) is 3.46. The van der Waals surface area contributed by atoms with E-state index in [1.165, 1.54) is 5.01 Å². The Kier molecular flexibility index (Phi) is 4.02. The summed E-state index contributed by atoms with van der Waals surface area (Å²) in [4.78, 5) is 24.7. The lowest BCUT2D eigenvalue weighted by molar-refractivity contribution is -0.127. The van der Waals surface area contributed by atoms with E-state index >= 15 is 0 Å². The first-order chi connectivity index (χ1) is 10.7. The van der Waals surface area contributed by atoms with Crippen molar-refractivity contribution in [3.63, 3.8) is 0 Å². The first kappa shape index (κ1) is 14.5. The average Bonchev–Trinajstić information content (AvgIpc) is 2.93. The van der Waals surface area contributed by atoms with Crippen LogP contribution >= 0.6 is 11.6 Å². The Labute approximate surface area is 133 Å². The highest BCUT2D eigenvalue weighted by molar-refractivity contribution is 6.38. The lowest BCUT2D eigenvalue weighted by atomic mass is 9.93. The van der Waals surface area contributed by atoms with Crippen molar-refractivity contribution in [1.29, 1.82) is 0 Å². The van der Waals surface area contributed by atoms with Crippen molar-refractivity contribution in [1.82, 2.24) is 0 Å². The second-order valence-electron chi connectivity index (χ2n) is 4.87. The number of benzene rings is 2. The van der Waals surface area contributed by atoms with Gasteiger partial charge in [0, 0.05) is 0 Å². The molecule has 0 saturated heterocycles. The second-order valence-corrected chi connectivity index (χ2v) is 5.14. The number of Topliss-reactive ketones (excluding diaryl/α,β-unsaturated/α-hetero) is 1. The third-order valence-corrected chi connectivity index (χ3v) is 3.72. The van der Waals surface area contributed by atoms with Gasteiger partial charge in [-0.05, 0) is 17.7 Å². The minimum absolute atomic E-state index is 0.217. The summed E-state index contributed by atoms with van der Waals surface area (Å²) in [7, 11) is 0. The summed E-state index contributed by atoms with van der Waals surface area (Å²) in [6.45, 7) is 0. The van der Waals surface area contributed by atoms with Crippen LogP contribution in [-0.4, -0.2) is 23.3 Å².